The first-order valence-electron chi connectivity index (χ1n) is 17.0. The number of methoxy groups -OCH3 is 1. The smallest absolute Gasteiger partial charge is 0.264 e. The first-order chi connectivity index (χ1) is 23.6. The van der Waals surface area contributed by atoms with Gasteiger partial charge >= 0.3 is 0 Å². The maximum atomic E-state index is 14.9. The summed E-state index contributed by atoms with van der Waals surface area (Å²) in [7, 11) is -2.61. The van der Waals surface area contributed by atoms with Gasteiger partial charge in [-0.15, -0.1) is 0 Å². The van der Waals surface area contributed by atoms with Gasteiger partial charge in [-0.25, -0.2) is 8.42 Å². The molecule has 9 heteroatoms. The third kappa shape index (κ3) is 8.89. The topological polar surface area (TPSA) is 96.0 Å². The lowest BCUT2D eigenvalue weighted by Gasteiger charge is -2.35. The van der Waals surface area contributed by atoms with Crippen LogP contribution in [0.25, 0.3) is 0 Å². The van der Waals surface area contributed by atoms with Crippen LogP contribution in [0.4, 0.5) is 5.69 Å². The Bertz CT molecular complexity index is 1840. The second kappa shape index (κ2) is 16.2. The number of ether oxygens (including phenoxy) is 1. The molecule has 0 spiro atoms. The fraction of sp³-hybridized carbons (Fsp3) is 0.350. The van der Waals surface area contributed by atoms with Crippen LogP contribution < -0.4 is 14.4 Å². The second-order valence-corrected chi connectivity index (χ2v) is 14.8. The predicted molar refractivity (Wildman–Crippen MR) is 194 cm³/mol. The van der Waals surface area contributed by atoms with Crippen molar-refractivity contribution >= 4 is 27.5 Å². The van der Waals surface area contributed by atoms with Crippen LogP contribution in [0.1, 0.15) is 59.9 Å². The molecule has 1 aliphatic carbocycles. The van der Waals surface area contributed by atoms with E-state index in [1.54, 1.807) is 48.4 Å². The molecule has 1 atom stereocenters. The molecule has 49 heavy (non-hydrogen) atoms. The minimum atomic E-state index is -4.18. The minimum absolute atomic E-state index is 0.0293. The minimum Gasteiger partial charge on any atom is -0.497 e. The molecule has 4 aromatic carbocycles. The first-order valence-corrected chi connectivity index (χ1v) is 18.4. The Morgan fingerprint density at radius 2 is 1.51 bits per heavy atom. The van der Waals surface area contributed by atoms with Crippen molar-refractivity contribution in [2.24, 2.45) is 0 Å². The zero-order valence-corrected chi connectivity index (χ0v) is 29.7. The zero-order valence-electron chi connectivity index (χ0n) is 28.9. The van der Waals surface area contributed by atoms with Crippen LogP contribution in [0, 0.1) is 20.8 Å². The van der Waals surface area contributed by atoms with Crippen LogP contribution in [0.2, 0.25) is 0 Å². The Labute approximate surface area is 291 Å². The average molecular weight is 682 g/mol. The highest BCUT2D eigenvalue weighted by atomic mass is 32.2. The number of nitrogens with zero attached hydrogens (tertiary/aromatic N) is 2. The van der Waals surface area contributed by atoms with Crippen molar-refractivity contribution in [3.63, 3.8) is 0 Å². The molecular weight excluding hydrogens is 635 g/mol. The molecule has 1 aliphatic rings. The summed E-state index contributed by atoms with van der Waals surface area (Å²) in [5.41, 5.74) is 4.65. The van der Waals surface area contributed by atoms with Crippen molar-refractivity contribution in [2.75, 3.05) is 18.0 Å². The van der Waals surface area contributed by atoms with E-state index in [-0.39, 0.29) is 29.8 Å². The molecule has 2 amide bonds. The number of rotatable bonds is 13. The Balaban J connectivity index is 1.59. The summed E-state index contributed by atoms with van der Waals surface area (Å²) in [6.07, 6.45) is 5.28. The molecular formula is C40H47N3O5S. The van der Waals surface area contributed by atoms with Gasteiger partial charge in [-0.05, 0) is 86.2 Å². The monoisotopic (exact) mass is 681 g/mol. The van der Waals surface area contributed by atoms with Gasteiger partial charge in [0, 0.05) is 19.0 Å². The van der Waals surface area contributed by atoms with E-state index in [1.165, 1.54) is 4.31 Å². The van der Waals surface area contributed by atoms with Crippen LogP contribution >= 0.6 is 0 Å². The first kappa shape index (κ1) is 35.7. The van der Waals surface area contributed by atoms with E-state index < -0.39 is 28.5 Å². The second-order valence-electron chi connectivity index (χ2n) is 13.0. The third-order valence-electron chi connectivity index (χ3n) is 9.44. The van der Waals surface area contributed by atoms with Crippen LogP contribution in [-0.4, -0.2) is 50.9 Å². The molecule has 258 valence electrons. The summed E-state index contributed by atoms with van der Waals surface area (Å²) in [5, 5.41) is 3.26. The number of carbonyl (C=O) groups excluding carboxylic acids is 2. The molecule has 5 rings (SSSR count). The highest BCUT2D eigenvalue weighted by Gasteiger charge is 2.36. The van der Waals surface area contributed by atoms with E-state index in [0.29, 0.717) is 11.4 Å². The molecule has 1 N–H and O–H groups in total. The number of hydrogen-bond acceptors (Lipinski definition) is 5. The van der Waals surface area contributed by atoms with Gasteiger partial charge in [-0.1, -0.05) is 91.6 Å². The van der Waals surface area contributed by atoms with Gasteiger partial charge in [0.15, 0.2) is 0 Å². The molecule has 0 aromatic heterocycles. The number of nitrogens with one attached hydrogen (secondary N) is 1. The molecule has 1 saturated carbocycles. The molecule has 0 aliphatic heterocycles. The van der Waals surface area contributed by atoms with Crippen LogP contribution in [0.15, 0.2) is 102 Å². The number of carbonyl (C=O) groups is 2. The van der Waals surface area contributed by atoms with Crippen molar-refractivity contribution in [1.29, 1.82) is 0 Å². The molecule has 0 heterocycles. The van der Waals surface area contributed by atoms with Gasteiger partial charge in [0.2, 0.25) is 11.8 Å². The molecule has 8 nitrogen and oxygen atoms in total. The molecule has 1 fully saturated rings. The SMILES string of the molecule is COc1cccc(CN(C(=O)CN(c2cccc(C)c2C)S(=O)(=O)c2ccc(C)cc2)[C@@H](Cc2ccccc2)C(=O)NC2CCCCC2)c1. The zero-order chi connectivity index (χ0) is 35.0. The Morgan fingerprint density at radius 3 is 2.20 bits per heavy atom. The maximum absolute atomic E-state index is 14.9. The third-order valence-corrected chi connectivity index (χ3v) is 11.2. The summed E-state index contributed by atoms with van der Waals surface area (Å²) in [5.74, 6) is -0.110. The van der Waals surface area contributed by atoms with Crippen LogP contribution in [-0.2, 0) is 32.6 Å². The number of amides is 2. The molecule has 0 saturated heterocycles. The number of sulfonamides is 1. The van der Waals surface area contributed by atoms with E-state index in [4.69, 9.17) is 4.74 Å². The fourth-order valence-corrected chi connectivity index (χ4v) is 7.89. The Morgan fingerprint density at radius 1 is 0.837 bits per heavy atom. The summed E-state index contributed by atoms with van der Waals surface area (Å²) in [6.45, 7) is 5.25. The van der Waals surface area contributed by atoms with E-state index in [1.807, 2.05) is 81.4 Å². The maximum Gasteiger partial charge on any atom is 0.264 e. The Kier molecular flexibility index (Phi) is 11.8. The lowest BCUT2D eigenvalue weighted by Crippen LogP contribution is -2.55. The van der Waals surface area contributed by atoms with Crippen molar-refractivity contribution in [3.05, 3.63) is 125 Å². The molecule has 0 radical (unpaired) electrons. The molecule has 0 unspecified atom stereocenters. The number of benzene rings is 4. The highest BCUT2D eigenvalue weighted by molar-refractivity contribution is 7.92. The quantitative estimate of drug-likeness (QED) is 0.166. The van der Waals surface area contributed by atoms with Crippen LogP contribution in [0.3, 0.4) is 0 Å². The standard InChI is InChI=1S/C40H47N3O5S/c1-29-21-23-36(24-22-29)49(46,47)43(37-20-11-13-30(2)31(37)3)28-39(44)42(27-33-16-12-19-35(25-33)48-4)38(26-32-14-7-5-8-15-32)40(45)41-34-17-9-6-10-18-34/h5,7-8,11-16,19-25,34,38H,6,9-10,17-18,26-28H2,1-4H3,(H,41,45)/t38-/m0/s1. The molecule has 0 bridgehead atoms. The highest BCUT2D eigenvalue weighted by Crippen LogP contribution is 2.30. The summed E-state index contributed by atoms with van der Waals surface area (Å²) < 4.78 is 35.5. The normalized spacial score (nSPS) is 14.1. The van der Waals surface area contributed by atoms with Gasteiger partial charge in [0.1, 0.15) is 18.3 Å². The fourth-order valence-electron chi connectivity index (χ4n) is 6.42. The number of hydrogen-bond donors (Lipinski definition) is 1. The predicted octanol–water partition coefficient (Wildman–Crippen LogP) is 6.90. The van der Waals surface area contributed by atoms with E-state index in [0.717, 1.165) is 59.9 Å². The van der Waals surface area contributed by atoms with E-state index in [9.17, 15) is 18.0 Å². The van der Waals surface area contributed by atoms with E-state index >= 15 is 0 Å². The summed E-state index contributed by atoms with van der Waals surface area (Å²) >= 11 is 0. The van der Waals surface area contributed by atoms with Gasteiger partial charge in [-0.2, -0.15) is 0 Å². The van der Waals surface area contributed by atoms with Crippen molar-refractivity contribution < 1.29 is 22.7 Å². The van der Waals surface area contributed by atoms with Crippen molar-refractivity contribution in [3.8, 4) is 5.75 Å². The van der Waals surface area contributed by atoms with Gasteiger partial charge in [0.05, 0.1) is 17.7 Å². The van der Waals surface area contributed by atoms with Crippen molar-refractivity contribution in [1.82, 2.24) is 10.2 Å². The van der Waals surface area contributed by atoms with Gasteiger partial charge < -0.3 is 15.0 Å². The van der Waals surface area contributed by atoms with Crippen molar-refractivity contribution in [2.45, 2.75) is 82.8 Å². The lowest BCUT2D eigenvalue weighted by molar-refractivity contribution is -0.140. The largest absolute Gasteiger partial charge is 0.497 e. The van der Waals surface area contributed by atoms with Crippen LogP contribution in [0.5, 0.6) is 5.75 Å². The summed E-state index contributed by atoms with van der Waals surface area (Å²) in [6, 6.07) is 28.2. The average Bonchev–Trinajstić information content (AvgIpc) is 3.11. The van der Waals surface area contributed by atoms with E-state index in [2.05, 4.69) is 5.32 Å². The Hall–Kier alpha value is -4.63. The van der Waals surface area contributed by atoms with Gasteiger partial charge in [0.25, 0.3) is 10.0 Å². The van der Waals surface area contributed by atoms with Gasteiger partial charge in [-0.3, -0.25) is 13.9 Å². The summed E-state index contributed by atoms with van der Waals surface area (Å²) in [4.78, 5) is 30.8. The lowest BCUT2D eigenvalue weighted by atomic mass is 9.94. The number of anilines is 1. The molecule has 4 aromatic rings. The number of aryl methyl sites for hydroxylation is 2.